The molecule has 2 heterocycles. The lowest BCUT2D eigenvalue weighted by atomic mass is 9.95. The lowest BCUT2D eigenvalue weighted by Gasteiger charge is -2.32. The van der Waals surface area contributed by atoms with E-state index in [1.54, 1.807) is 0 Å². The second-order valence-electron chi connectivity index (χ2n) is 4.38. The summed E-state index contributed by atoms with van der Waals surface area (Å²) >= 11 is 1.53. The molecule has 0 radical (unpaired) electrons. The molecule has 4 nitrogen and oxygen atoms in total. The molecule has 1 aliphatic rings. The van der Waals surface area contributed by atoms with Crippen LogP contribution in [0.25, 0.3) is 0 Å². The van der Waals surface area contributed by atoms with Gasteiger partial charge in [0, 0.05) is 31.0 Å². The third-order valence-electron chi connectivity index (χ3n) is 3.14. The van der Waals surface area contributed by atoms with Crippen LogP contribution in [0.1, 0.15) is 32.0 Å². The fourth-order valence-electron chi connectivity index (χ4n) is 2.23. The number of aromatic nitrogens is 2. The molecule has 0 amide bonds. The molecule has 1 fully saturated rings. The van der Waals surface area contributed by atoms with E-state index in [4.69, 9.17) is 5.73 Å². The van der Waals surface area contributed by atoms with E-state index in [9.17, 15) is 0 Å². The summed E-state index contributed by atoms with van der Waals surface area (Å²) in [6, 6.07) is 0. The molecule has 1 aromatic rings. The molecule has 16 heavy (non-hydrogen) atoms. The molecule has 5 heteroatoms. The lowest BCUT2D eigenvalue weighted by molar-refractivity contribution is 0.395. The van der Waals surface area contributed by atoms with Gasteiger partial charge >= 0.3 is 0 Å². The maximum Gasteiger partial charge on any atom is 0.205 e. The first-order valence-electron chi connectivity index (χ1n) is 6.11. The zero-order chi connectivity index (χ0) is 11.4. The SMILES string of the molecule is CCc1nsc(N2CCCC(CCN)C2)n1. The maximum atomic E-state index is 5.63. The van der Waals surface area contributed by atoms with Gasteiger partial charge in [-0.1, -0.05) is 6.92 Å². The number of aryl methyl sites for hydroxylation is 1. The zero-order valence-corrected chi connectivity index (χ0v) is 10.7. The second kappa shape index (κ2) is 5.59. The largest absolute Gasteiger partial charge is 0.347 e. The molecule has 1 atom stereocenters. The van der Waals surface area contributed by atoms with Gasteiger partial charge in [0.2, 0.25) is 5.13 Å². The minimum absolute atomic E-state index is 0.743. The van der Waals surface area contributed by atoms with Gasteiger partial charge < -0.3 is 10.6 Å². The predicted molar refractivity (Wildman–Crippen MR) is 67.9 cm³/mol. The maximum absolute atomic E-state index is 5.63. The van der Waals surface area contributed by atoms with Crippen molar-refractivity contribution in [3.63, 3.8) is 0 Å². The van der Waals surface area contributed by atoms with Crippen molar-refractivity contribution in [3.8, 4) is 0 Å². The number of anilines is 1. The smallest absolute Gasteiger partial charge is 0.205 e. The first kappa shape index (κ1) is 11.8. The van der Waals surface area contributed by atoms with E-state index in [1.165, 1.54) is 24.4 Å². The first-order chi connectivity index (χ1) is 7.83. The van der Waals surface area contributed by atoms with Gasteiger partial charge in [-0.15, -0.1) is 0 Å². The van der Waals surface area contributed by atoms with Gasteiger partial charge in [0.15, 0.2) is 0 Å². The Kier molecular flexibility index (Phi) is 4.12. The average Bonchev–Trinajstić information content (AvgIpc) is 2.78. The summed E-state index contributed by atoms with van der Waals surface area (Å²) in [5, 5.41) is 1.10. The van der Waals surface area contributed by atoms with E-state index in [-0.39, 0.29) is 0 Å². The van der Waals surface area contributed by atoms with Crippen LogP contribution in [0, 0.1) is 5.92 Å². The molecule has 0 saturated carbocycles. The Balaban J connectivity index is 1.98. The van der Waals surface area contributed by atoms with Crippen LogP contribution in [0.4, 0.5) is 5.13 Å². The fourth-order valence-corrected chi connectivity index (χ4v) is 3.01. The van der Waals surface area contributed by atoms with Crippen molar-refractivity contribution in [2.45, 2.75) is 32.6 Å². The summed E-state index contributed by atoms with van der Waals surface area (Å²) in [6.45, 7) is 5.13. The molecular formula is C11H20N4S. The van der Waals surface area contributed by atoms with Crippen molar-refractivity contribution < 1.29 is 0 Å². The van der Waals surface area contributed by atoms with Crippen LogP contribution in [0.15, 0.2) is 0 Å². The summed E-state index contributed by atoms with van der Waals surface area (Å²) in [4.78, 5) is 6.92. The van der Waals surface area contributed by atoms with E-state index >= 15 is 0 Å². The number of nitrogens with zero attached hydrogens (tertiary/aromatic N) is 3. The zero-order valence-electron chi connectivity index (χ0n) is 9.85. The van der Waals surface area contributed by atoms with Crippen molar-refractivity contribution in [2.24, 2.45) is 11.7 Å². The van der Waals surface area contributed by atoms with Gasteiger partial charge in [-0.3, -0.25) is 0 Å². The third-order valence-corrected chi connectivity index (χ3v) is 3.95. The first-order valence-corrected chi connectivity index (χ1v) is 6.88. The van der Waals surface area contributed by atoms with E-state index in [0.29, 0.717) is 0 Å². The summed E-state index contributed by atoms with van der Waals surface area (Å²) in [5.74, 6) is 1.72. The van der Waals surface area contributed by atoms with Gasteiger partial charge in [0.05, 0.1) is 0 Å². The lowest BCUT2D eigenvalue weighted by Crippen LogP contribution is -2.36. The van der Waals surface area contributed by atoms with Crippen molar-refractivity contribution in [2.75, 3.05) is 24.5 Å². The molecule has 0 aliphatic carbocycles. The molecular weight excluding hydrogens is 220 g/mol. The molecule has 0 aromatic carbocycles. The number of piperidine rings is 1. The minimum Gasteiger partial charge on any atom is -0.347 e. The van der Waals surface area contributed by atoms with Gasteiger partial charge in [-0.05, 0) is 31.7 Å². The van der Waals surface area contributed by atoms with Crippen LogP contribution in [0.5, 0.6) is 0 Å². The Morgan fingerprint density at radius 3 is 3.12 bits per heavy atom. The highest BCUT2D eigenvalue weighted by molar-refractivity contribution is 7.09. The number of rotatable bonds is 4. The third kappa shape index (κ3) is 2.71. The summed E-state index contributed by atoms with van der Waals surface area (Å²) in [6.07, 6.45) is 4.63. The molecule has 0 bridgehead atoms. The molecule has 0 spiro atoms. The fraction of sp³-hybridized carbons (Fsp3) is 0.818. The number of nitrogens with two attached hydrogens (primary N) is 1. The Labute approximate surface area is 101 Å². The quantitative estimate of drug-likeness (QED) is 0.869. The van der Waals surface area contributed by atoms with E-state index < -0.39 is 0 Å². The Hall–Kier alpha value is -0.680. The van der Waals surface area contributed by atoms with Gasteiger partial charge in [0.1, 0.15) is 5.82 Å². The predicted octanol–water partition coefficient (Wildman–Crippen LogP) is 1.67. The van der Waals surface area contributed by atoms with Crippen molar-refractivity contribution in [1.82, 2.24) is 9.36 Å². The molecule has 2 N–H and O–H groups in total. The highest BCUT2D eigenvalue weighted by Gasteiger charge is 2.21. The van der Waals surface area contributed by atoms with Gasteiger partial charge in [0.25, 0.3) is 0 Å². The standard InChI is InChI=1S/C11H20N4S/c1-2-10-13-11(16-14-10)15-7-3-4-9(8-15)5-6-12/h9H,2-8,12H2,1H3. The summed E-state index contributed by atoms with van der Waals surface area (Å²) in [7, 11) is 0. The van der Waals surface area contributed by atoms with Crippen molar-refractivity contribution in [3.05, 3.63) is 5.82 Å². The molecule has 1 aliphatic heterocycles. The topological polar surface area (TPSA) is 55.0 Å². The molecule has 90 valence electrons. The van der Waals surface area contributed by atoms with Crippen LogP contribution in [-0.4, -0.2) is 29.0 Å². The van der Waals surface area contributed by atoms with E-state index in [2.05, 4.69) is 21.2 Å². The van der Waals surface area contributed by atoms with Crippen LogP contribution in [-0.2, 0) is 6.42 Å². The summed E-state index contributed by atoms with van der Waals surface area (Å²) < 4.78 is 4.35. The van der Waals surface area contributed by atoms with Crippen LogP contribution in [0.3, 0.4) is 0 Å². The number of hydrogen-bond acceptors (Lipinski definition) is 5. The van der Waals surface area contributed by atoms with Crippen LogP contribution < -0.4 is 10.6 Å². The van der Waals surface area contributed by atoms with Gasteiger partial charge in [-0.2, -0.15) is 4.37 Å². The van der Waals surface area contributed by atoms with Crippen molar-refractivity contribution >= 4 is 16.7 Å². The Bertz CT molecular complexity index is 324. The van der Waals surface area contributed by atoms with Crippen LogP contribution in [0.2, 0.25) is 0 Å². The normalized spacial score (nSPS) is 21.4. The average molecular weight is 240 g/mol. The molecule has 1 unspecified atom stereocenters. The highest BCUT2D eigenvalue weighted by Crippen LogP contribution is 2.25. The second-order valence-corrected chi connectivity index (χ2v) is 5.11. The summed E-state index contributed by atoms with van der Waals surface area (Å²) in [5.41, 5.74) is 5.63. The Morgan fingerprint density at radius 2 is 2.44 bits per heavy atom. The molecule has 2 rings (SSSR count). The van der Waals surface area contributed by atoms with Crippen molar-refractivity contribution in [1.29, 1.82) is 0 Å². The van der Waals surface area contributed by atoms with E-state index in [1.807, 2.05) is 0 Å². The minimum atomic E-state index is 0.743. The Morgan fingerprint density at radius 1 is 1.56 bits per heavy atom. The van der Waals surface area contributed by atoms with E-state index in [0.717, 1.165) is 49.3 Å². The van der Waals surface area contributed by atoms with Gasteiger partial charge in [-0.25, -0.2) is 4.98 Å². The molecule has 1 aromatic heterocycles. The highest BCUT2D eigenvalue weighted by atomic mass is 32.1. The monoisotopic (exact) mass is 240 g/mol. The number of hydrogen-bond donors (Lipinski definition) is 1. The van der Waals surface area contributed by atoms with Crippen LogP contribution >= 0.6 is 11.5 Å². The molecule has 1 saturated heterocycles.